The van der Waals surface area contributed by atoms with Crippen molar-refractivity contribution in [1.29, 1.82) is 0 Å². The van der Waals surface area contributed by atoms with Crippen molar-refractivity contribution in [3.8, 4) is 0 Å². The molecule has 2 aromatic carbocycles. The Labute approximate surface area is 175 Å². The number of hydrogen-bond donors (Lipinski definition) is 2. The maximum atomic E-state index is 13.6. The van der Waals surface area contributed by atoms with E-state index in [9.17, 15) is 14.0 Å². The molecule has 1 amide bonds. The predicted molar refractivity (Wildman–Crippen MR) is 115 cm³/mol. The van der Waals surface area contributed by atoms with E-state index in [1.165, 1.54) is 12.1 Å². The Morgan fingerprint density at radius 3 is 2.40 bits per heavy atom. The van der Waals surface area contributed by atoms with Gasteiger partial charge in [0.1, 0.15) is 5.82 Å². The highest BCUT2D eigenvalue weighted by atomic mass is 19.1. The van der Waals surface area contributed by atoms with Gasteiger partial charge in [-0.15, -0.1) is 0 Å². The van der Waals surface area contributed by atoms with Crippen LogP contribution >= 0.6 is 0 Å². The molecule has 2 N–H and O–H groups in total. The molecule has 0 saturated carbocycles. The molecule has 1 heterocycles. The number of benzene rings is 2. The molecule has 0 fully saturated rings. The predicted octanol–water partition coefficient (Wildman–Crippen LogP) is 5.07. The smallest absolute Gasteiger partial charge is 0.254 e. The molecule has 4 nitrogen and oxygen atoms in total. The van der Waals surface area contributed by atoms with Crippen molar-refractivity contribution >= 4 is 17.4 Å². The Hall–Kier alpha value is -3.21. The number of dihydropyridines is 1. The van der Waals surface area contributed by atoms with Gasteiger partial charge in [0.05, 0.1) is 0 Å². The van der Waals surface area contributed by atoms with Crippen molar-refractivity contribution in [2.75, 3.05) is 5.32 Å². The molecular formula is C25H25FN2O2. The summed E-state index contributed by atoms with van der Waals surface area (Å²) in [6, 6.07) is 15.3. The molecule has 0 radical (unpaired) electrons. The van der Waals surface area contributed by atoms with Gasteiger partial charge < -0.3 is 10.6 Å². The van der Waals surface area contributed by atoms with Crippen LogP contribution in [-0.2, 0) is 9.59 Å². The van der Waals surface area contributed by atoms with Crippen molar-refractivity contribution in [1.82, 2.24) is 5.32 Å². The van der Waals surface area contributed by atoms with E-state index < -0.39 is 5.92 Å². The fourth-order valence-electron chi connectivity index (χ4n) is 4.45. The van der Waals surface area contributed by atoms with Crippen LogP contribution < -0.4 is 10.6 Å². The molecule has 1 aliphatic carbocycles. The Balaban J connectivity index is 1.81. The Morgan fingerprint density at radius 2 is 1.73 bits per heavy atom. The zero-order chi connectivity index (χ0) is 21.5. The maximum Gasteiger partial charge on any atom is 0.254 e. The molecule has 0 unspecified atom stereocenters. The summed E-state index contributed by atoms with van der Waals surface area (Å²) in [7, 11) is 0. The van der Waals surface area contributed by atoms with Crippen LogP contribution in [0.3, 0.4) is 0 Å². The van der Waals surface area contributed by atoms with E-state index >= 15 is 0 Å². The van der Waals surface area contributed by atoms with Crippen LogP contribution in [0.25, 0.3) is 0 Å². The van der Waals surface area contributed by atoms with Crippen LogP contribution in [0.15, 0.2) is 77.1 Å². The number of para-hydroxylation sites is 1. The molecule has 0 saturated heterocycles. The fourth-order valence-corrected chi connectivity index (χ4v) is 4.45. The van der Waals surface area contributed by atoms with E-state index in [0.29, 0.717) is 29.0 Å². The van der Waals surface area contributed by atoms with E-state index in [4.69, 9.17) is 0 Å². The number of carbonyl (C=O) groups excluding carboxylic acids is 2. The Bertz CT molecular complexity index is 1070. The molecule has 2 aliphatic rings. The highest BCUT2D eigenvalue weighted by molar-refractivity contribution is 6.09. The molecule has 1 aliphatic heterocycles. The standard InChI is InChI=1S/C25H25FN2O2/c1-15-21(24(30)28-18-7-5-4-6-8-18)22(16-9-11-17(26)12-10-16)23-19(27-15)13-25(2,3)14-20(23)29/h4-12,22,27H,13-14H2,1-3H3,(H,28,30)/t22-/m0/s1. The summed E-state index contributed by atoms with van der Waals surface area (Å²) in [6.07, 6.45) is 1.13. The lowest BCUT2D eigenvalue weighted by Crippen LogP contribution is -2.39. The fraction of sp³-hybridized carbons (Fsp3) is 0.280. The molecule has 0 aromatic heterocycles. The largest absolute Gasteiger partial charge is 0.362 e. The summed E-state index contributed by atoms with van der Waals surface area (Å²) in [5.41, 5.74) is 3.93. The number of amides is 1. The second-order valence-electron chi connectivity index (χ2n) is 8.80. The van der Waals surface area contributed by atoms with Crippen molar-refractivity contribution in [3.05, 3.63) is 88.5 Å². The second kappa shape index (κ2) is 7.56. The summed E-state index contributed by atoms with van der Waals surface area (Å²) >= 11 is 0. The average Bonchev–Trinajstić information content (AvgIpc) is 2.67. The third kappa shape index (κ3) is 3.80. The van der Waals surface area contributed by atoms with Gasteiger partial charge in [-0.25, -0.2) is 4.39 Å². The summed E-state index contributed by atoms with van der Waals surface area (Å²) in [4.78, 5) is 26.5. The van der Waals surface area contributed by atoms with Crippen LogP contribution in [0, 0.1) is 11.2 Å². The van der Waals surface area contributed by atoms with E-state index in [2.05, 4.69) is 24.5 Å². The average molecular weight is 404 g/mol. The van der Waals surface area contributed by atoms with Gasteiger partial charge in [-0.05, 0) is 48.6 Å². The van der Waals surface area contributed by atoms with Crippen LogP contribution in [-0.4, -0.2) is 11.7 Å². The van der Waals surface area contributed by atoms with Crippen molar-refractivity contribution < 1.29 is 14.0 Å². The molecule has 1 atom stereocenters. The Kier molecular flexibility index (Phi) is 5.06. The number of rotatable bonds is 3. The number of anilines is 1. The van der Waals surface area contributed by atoms with Crippen LogP contribution in [0.2, 0.25) is 0 Å². The van der Waals surface area contributed by atoms with Crippen LogP contribution in [0.5, 0.6) is 0 Å². The lowest BCUT2D eigenvalue weighted by molar-refractivity contribution is -0.118. The monoisotopic (exact) mass is 404 g/mol. The quantitative estimate of drug-likeness (QED) is 0.751. The third-order valence-electron chi connectivity index (χ3n) is 5.72. The Morgan fingerprint density at radius 1 is 1.07 bits per heavy atom. The molecular weight excluding hydrogens is 379 g/mol. The number of Topliss-reactive ketones (excluding diaryl/α,β-unsaturated/α-hetero) is 1. The number of hydrogen-bond acceptors (Lipinski definition) is 3. The second-order valence-corrected chi connectivity index (χ2v) is 8.80. The zero-order valence-corrected chi connectivity index (χ0v) is 17.4. The number of nitrogens with one attached hydrogen (secondary N) is 2. The zero-order valence-electron chi connectivity index (χ0n) is 17.4. The minimum absolute atomic E-state index is 0.0283. The summed E-state index contributed by atoms with van der Waals surface area (Å²) in [5.74, 6) is -1.13. The van der Waals surface area contributed by atoms with Crippen molar-refractivity contribution in [3.63, 3.8) is 0 Å². The van der Waals surface area contributed by atoms with Crippen LogP contribution in [0.4, 0.5) is 10.1 Å². The van der Waals surface area contributed by atoms with Gasteiger partial charge in [-0.1, -0.05) is 44.2 Å². The SMILES string of the molecule is CC1=C(C(=O)Nc2ccccc2)[C@H](c2ccc(F)cc2)C2=C(CC(C)(C)CC2=O)N1. The van der Waals surface area contributed by atoms with E-state index in [0.717, 1.165) is 17.7 Å². The van der Waals surface area contributed by atoms with E-state index in [-0.39, 0.29) is 22.9 Å². The number of halogens is 1. The first-order valence-corrected chi connectivity index (χ1v) is 10.1. The van der Waals surface area contributed by atoms with Gasteiger partial charge in [0, 0.05) is 40.6 Å². The van der Waals surface area contributed by atoms with Gasteiger partial charge in [0.15, 0.2) is 5.78 Å². The molecule has 0 spiro atoms. The highest BCUT2D eigenvalue weighted by Crippen LogP contribution is 2.46. The van der Waals surface area contributed by atoms with Gasteiger partial charge in [0.2, 0.25) is 0 Å². The van der Waals surface area contributed by atoms with E-state index in [1.807, 2.05) is 37.3 Å². The minimum Gasteiger partial charge on any atom is -0.362 e. The lowest BCUT2D eigenvalue weighted by atomic mass is 9.68. The topological polar surface area (TPSA) is 58.2 Å². The third-order valence-corrected chi connectivity index (χ3v) is 5.72. The summed E-state index contributed by atoms with van der Waals surface area (Å²) in [6.45, 7) is 5.99. The first-order chi connectivity index (χ1) is 14.2. The van der Waals surface area contributed by atoms with Crippen molar-refractivity contribution in [2.24, 2.45) is 5.41 Å². The summed E-state index contributed by atoms with van der Waals surface area (Å²) < 4.78 is 13.6. The maximum absolute atomic E-state index is 13.6. The van der Waals surface area contributed by atoms with Gasteiger partial charge in [-0.2, -0.15) is 0 Å². The molecule has 154 valence electrons. The van der Waals surface area contributed by atoms with Crippen molar-refractivity contribution in [2.45, 2.75) is 39.5 Å². The summed E-state index contributed by atoms with van der Waals surface area (Å²) in [5, 5.41) is 6.27. The molecule has 5 heteroatoms. The van der Waals surface area contributed by atoms with Gasteiger partial charge in [0.25, 0.3) is 5.91 Å². The molecule has 2 aromatic rings. The van der Waals surface area contributed by atoms with Gasteiger partial charge >= 0.3 is 0 Å². The van der Waals surface area contributed by atoms with Gasteiger partial charge in [-0.3, -0.25) is 9.59 Å². The first-order valence-electron chi connectivity index (χ1n) is 10.1. The first kappa shape index (κ1) is 20.1. The lowest BCUT2D eigenvalue weighted by Gasteiger charge is -2.39. The number of allylic oxidation sites excluding steroid dienone is 3. The molecule has 4 rings (SSSR count). The molecule has 0 bridgehead atoms. The number of carbonyl (C=O) groups is 2. The molecule has 30 heavy (non-hydrogen) atoms. The number of ketones is 1. The van der Waals surface area contributed by atoms with E-state index in [1.54, 1.807) is 12.1 Å². The van der Waals surface area contributed by atoms with Crippen LogP contribution in [0.1, 0.15) is 45.1 Å². The normalized spacial score (nSPS) is 20.5. The minimum atomic E-state index is -0.533. The highest BCUT2D eigenvalue weighted by Gasteiger charge is 2.42.